The van der Waals surface area contributed by atoms with Crippen molar-refractivity contribution in [2.75, 3.05) is 0 Å². The van der Waals surface area contributed by atoms with Gasteiger partial charge in [-0.15, -0.1) is 0 Å². The van der Waals surface area contributed by atoms with E-state index in [4.69, 9.17) is 11.1 Å². The number of rotatable bonds is 2. The molecule has 1 aliphatic carbocycles. The van der Waals surface area contributed by atoms with E-state index in [-0.39, 0.29) is 0 Å². The van der Waals surface area contributed by atoms with Crippen molar-refractivity contribution < 1.29 is 4.39 Å². The summed E-state index contributed by atoms with van der Waals surface area (Å²) in [4.78, 5) is 5.15. The maximum Gasteiger partial charge on any atom is 0.109 e. The number of alkyl halides is 1. The van der Waals surface area contributed by atoms with Crippen molar-refractivity contribution in [3.63, 3.8) is 0 Å². The van der Waals surface area contributed by atoms with Gasteiger partial charge in [0, 0.05) is 15.9 Å². The average Bonchev–Trinajstić information content (AvgIpc) is 2.11. The van der Waals surface area contributed by atoms with Crippen LogP contribution in [0.3, 0.4) is 0 Å². The van der Waals surface area contributed by atoms with Gasteiger partial charge in [0.2, 0.25) is 0 Å². The van der Waals surface area contributed by atoms with E-state index < -0.39 is 18.3 Å². The second-order valence-corrected chi connectivity index (χ2v) is 2.91. The van der Waals surface area contributed by atoms with E-state index in [1.54, 1.807) is 0 Å². The molecule has 0 aromatic rings. The Kier molecular flexibility index (Phi) is 3.37. The van der Waals surface area contributed by atoms with Gasteiger partial charge in [-0.2, -0.15) is 0 Å². The zero-order valence-corrected chi connectivity index (χ0v) is 6.91. The quantitative estimate of drug-likeness (QED) is 0.358. The van der Waals surface area contributed by atoms with Crippen LogP contribution in [0.5, 0.6) is 0 Å². The van der Waals surface area contributed by atoms with Crippen LogP contribution in [0.25, 0.3) is 20.9 Å². The van der Waals surface area contributed by atoms with Crippen molar-refractivity contribution in [1.29, 1.82) is 0 Å². The zero-order chi connectivity index (χ0) is 9.68. The Hall–Kier alpha value is -1.45. The predicted octanol–water partition coefficient (Wildman–Crippen LogP) is 2.87. The molecule has 70 valence electrons. The molecule has 1 rings (SSSR count). The van der Waals surface area contributed by atoms with Crippen LogP contribution in [-0.4, -0.2) is 18.3 Å². The van der Waals surface area contributed by atoms with Crippen LogP contribution < -0.4 is 0 Å². The van der Waals surface area contributed by atoms with Crippen LogP contribution in [0.4, 0.5) is 4.39 Å². The molecule has 1 saturated carbocycles. The third-order valence-electron chi connectivity index (χ3n) is 2.13. The number of azide groups is 2. The summed E-state index contributed by atoms with van der Waals surface area (Å²) in [5, 5.41) is 6.72. The van der Waals surface area contributed by atoms with Crippen molar-refractivity contribution in [3.05, 3.63) is 20.9 Å². The number of hydrogen-bond acceptors (Lipinski definition) is 2. The van der Waals surface area contributed by atoms with E-state index in [0.717, 1.165) is 0 Å². The topological polar surface area (TPSA) is 97.5 Å². The third kappa shape index (κ3) is 2.24. The standard InChI is InChI=1S/C6H9FN6/c7-4-2-1-3-5(10-12-8)6(4)11-13-9/h4-6H,1-3H2/t4-,5+,6-/m0/s1. The Bertz CT molecular complexity index is 266. The fourth-order valence-electron chi connectivity index (χ4n) is 1.51. The first kappa shape index (κ1) is 9.64. The Morgan fingerprint density at radius 1 is 1.15 bits per heavy atom. The molecule has 0 heterocycles. The van der Waals surface area contributed by atoms with E-state index >= 15 is 0 Å². The van der Waals surface area contributed by atoms with Crippen LogP contribution in [0.15, 0.2) is 10.2 Å². The number of nitrogens with zero attached hydrogens (tertiary/aromatic N) is 6. The van der Waals surface area contributed by atoms with Crippen molar-refractivity contribution in [1.82, 2.24) is 0 Å². The maximum absolute atomic E-state index is 13.2. The summed E-state index contributed by atoms with van der Waals surface area (Å²) < 4.78 is 13.2. The van der Waals surface area contributed by atoms with Crippen LogP contribution in [0.1, 0.15) is 19.3 Å². The first-order chi connectivity index (χ1) is 6.29. The SMILES string of the molecule is [N-]=[N+]=N[C@H]1[C@@H](F)CCC[C@H]1N=[N+]=[N-]. The van der Waals surface area contributed by atoms with Crippen LogP contribution >= 0.6 is 0 Å². The van der Waals surface area contributed by atoms with Gasteiger partial charge < -0.3 is 0 Å². The summed E-state index contributed by atoms with van der Waals surface area (Å²) in [5.74, 6) is 0. The fraction of sp³-hybridized carbons (Fsp3) is 1.00. The molecular formula is C6H9FN6. The molecule has 1 fully saturated rings. The van der Waals surface area contributed by atoms with Crippen molar-refractivity contribution >= 4 is 0 Å². The minimum Gasteiger partial charge on any atom is -0.247 e. The van der Waals surface area contributed by atoms with E-state index in [9.17, 15) is 4.39 Å². The highest BCUT2D eigenvalue weighted by molar-refractivity contribution is 4.92. The molecule has 0 aliphatic heterocycles. The highest BCUT2D eigenvalue weighted by Crippen LogP contribution is 2.26. The third-order valence-corrected chi connectivity index (χ3v) is 2.13. The molecule has 0 aromatic carbocycles. The second-order valence-electron chi connectivity index (χ2n) is 2.91. The van der Waals surface area contributed by atoms with Crippen molar-refractivity contribution in [2.24, 2.45) is 10.2 Å². The van der Waals surface area contributed by atoms with Gasteiger partial charge in [0.25, 0.3) is 0 Å². The Labute approximate surface area is 74.0 Å². The summed E-state index contributed by atoms with van der Waals surface area (Å²) in [5.41, 5.74) is 16.4. The molecule has 0 bridgehead atoms. The molecule has 0 aromatic heterocycles. The van der Waals surface area contributed by atoms with Crippen LogP contribution in [-0.2, 0) is 0 Å². The largest absolute Gasteiger partial charge is 0.247 e. The first-order valence-corrected chi connectivity index (χ1v) is 4.02. The molecule has 0 radical (unpaired) electrons. The molecule has 13 heavy (non-hydrogen) atoms. The molecule has 0 unspecified atom stereocenters. The Balaban J connectivity index is 2.78. The smallest absolute Gasteiger partial charge is 0.109 e. The molecule has 3 atom stereocenters. The lowest BCUT2D eigenvalue weighted by molar-refractivity contribution is 0.198. The van der Waals surface area contributed by atoms with Gasteiger partial charge in [0.1, 0.15) is 6.17 Å². The van der Waals surface area contributed by atoms with E-state index in [1.165, 1.54) is 0 Å². The van der Waals surface area contributed by atoms with Gasteiger partial charge in [-0.3, -0.25) is 0 Å². The highest BCUT2D eigenvalue weighted by Gasteiger charge is 2.31. The number of hydrogen-bond donors (Lipinski definition) is 0. The molecule has 0 N–H and O–H groups in total. The lowest BCUT2D eigenvalue weighted by Gasteiger charge is -2.27. The lowest BCUT2D eigenvalue weighted by atomic mass is 9.90. The van der Waals surface area contributed by atoms with E-state index in [1.807, 2.05) is 0 Å². The summed E-state index contributed by atoms with van der Waals surface area (Å²) >= 11 is 0. The van der Waals surface area contributed by atoms with Gasteiger partial charge >= 0.3 is 0 Å². The molecule has 1 aliphatic rings. The van der Waals surface area contributed by atoms with Gasteiger partial charge in [-0.05, 0) is 23.9 Å². The van der Waals surface area contributed by atoms with Gasteiger partial charge in [0.05, 0.1) is 6.04 Å². The predicted molar refractivity (Wildman–Crippen MR) is 44.6 cm³/mol. The zero-order valence-electron chi connectivity index (χ0n) is 6.91. The van der Waals surface area contributed by atoms with Crippen LogP contribution in [0, 0.1) is 0 Å². The lowest BCUT2D eigenvalue weighted by Crippen LogP contribution is -2.35. The first-order valence-electron chi connectivity index (χ1n) is 4.02. The van der Waals surface area contributed by atoms with Gasteiger partial charge in [0.15, 0.2) is 0 Å². The summed E-state index contributed by atoms with van der Waals surface area (Å²) in [6.45, 7) is 0. The van der Waals surface area contributed by atoms with E-state index in [0.29, 0.717) is 19.3 Å². The molecule has 6 nitrogen and oxygen atoms in total. The second kappa shape index (κ2) is 4.54. The molecule has 0 spiro atoms. The molecule has 7 heteroatoms. The van der Waals surface area contributed by atoms with Gasteiger partial charge in [-0.1, -0.05) is 16.6 Å². The summed E-state index contributed by atoms with van der Waals surface area (Å²) in [7, 11) is 0. The number of halogens is 1. The Morgan fingerprint density at radius 2 is 1.85 bits per heavy atom. The van der Waals surface area contributed by atoms with Gasteiger partial charge in [-0.25, -0.2) is 4.39 Å². The Morgan fingerprint density at radius 3 is 2.46 bits per heavy atom. The minimum absolute atomic E-state index is 0.376. The summed E-state index contributed by atoms with van der Waals surface area (Å²) in [6.07, 6.45) is 0.456. The molecule has 0 amide bonds. The maximum atomic E-state index is 13.2. The normalized spacial score (nSPS) is 32.8. The van der Waals surface area contributed by atoms with Crippen molar-refractivity contribution in [3.8, 4) is 0 Å². The molecular weight excluding hydrogens is 175 g/mol. The van der Waals surface area contributed by atoms with Crippen LogP contribution in [0.2, 0.25) is 0 Å². The molecule has 0 saturated heterocycles. The minimum atomic E-state index is -1.18. The van der Waals surface area contributed by atoms with E-state index in [2.05, 4.69) is 20.1 Å². The fourth-order valence-corrected chi connectivity index (χ4v) is 1.51. The monoisotopic (exact) mass is 184 g/mol. The summed E-state index contributed by atoms with van der Waals surface area (Å²) in [6, 6.07) is -1.35. The van der Waals surface area contributed by atoms with Crippen molar-refractivity contribution in [2.45, 2.75) is 37.5 Å². The highest BCUT2D eigenvalue weighted by atomic mass is 19.1. The average molecular weight is 184 g/mol.